The Balaban J connectivity index is 2.22. The van der Waals surface area contributed by atoms with Crippen LogP contribution in [-0.4, -0.2) is 9.91 Å². The minimum atomic E-state index is -0.429. The summed E-state index contributed by atoms with van der Waals surface area (Å²) < 4.78 is 1.05. The van der Waals surface area contributed by atoms with E-state index in [-0.39, 0.29) is 5.69 Å². The monoisotopic (exact) mass is 285 g/mol. The van der Waals surface area contributed by atoms with Gasteiger partial charge in [-0.2, -0.15) is 0 Å². The molecule has 1 aromatic heterocycles. The third kappa shape index (κ3) is 2.00. The number of nitrogen functional groups attached to an aromatic ring is 1. The number of anilines is 1. The molecule has 1 heterocycles. The second-order valence-corrected chi connectivity index (χ2v) is 5.50. The highest BCUT2D eigenvalue weighted by Crippen LogP contribution is 2.36. The quantitative estimate of drug-likeness (QED) is 0.441. The van der Waals surface area contributed by atoms with Gasteiger partial charge in [0.1, 0.15) is 5.01 Å². The summed E-state index contributed by atoms with van der Waals surface area (Å²) in [4.78, 5) is 15.0. The number of nitro groups is 1. The van der Waals surface area contributed by atoms with Crippen molar-refractivity contribution in [2.24, 2.45) is 0 Å². The Labute approximate surface area is 118 Å². The highest BCUT2D eigenvalue weighted by atomic mass is 32.1. The summed E-state index contributed by atoms with van der Waals surface area (Å²) in [6, 6.07) is 10.4. The summed E-state index contributed by atoms with van der Waals surface area (Å²) in [5.41, 5.74) is 9.04. The first-order valence-corrected chi connectivity index (χ1v) is 6.78. The molecule has 2 aromatic carbocycles. The Hall–Kier alpha value is -2.47. The van der Waals surface area contributed by atoms with E-state index in [0.29, 0.717) is 16.3 Å². The first kappa shape index (κ1) is 12.6. The van der Waals surface area contributed by atoms with E-state index >= 15 is 0 Å². The van der Waals surface area contributed by atoms with Crippen LogP contribution in [0, 0.1) is 17.0 Å². The highest BCUT2D eigenvalue weighted by molar-refractivity contribution is 7.21. The number of nitrogens with two attached hydrogens (primary N) is 1. The van der Waals surface area contributed by atoms with Gasteiger partial charge in [0.15, 0.2) is 0 Å². The van der Waals surface area contributed by atoms with Gasteiger partial charge in [-0.3, -0.25) is 10.1 Å². The molecule has 0 amide bonds. The second-order valence-electron chi connectivity index (χ2n) is 4.47. The summed E-state index contributed by atoms with van der Waals surface area (Å²) in [5, 5.41) is 11.6. The maximum absolute atomic E-state index is 10.9. The summed E-state index contributed by atoms with van der Waals surface area (Å²) in [6.45, 7) is 1.99. The highest BCUT2D eigenvalue weighted by Gasteiger charge is 2.14. The minimum Gasteiger partial charge on any atom is -0.398 e. The third-order valence-electron chi connectivity index (χ3n) is 3.10. The summed E-state index contributed by atoms with van der Waals surface area (Å²) in [7, 11) is 0. The van der Waals surface area contributed by atoms with Crippen molar-refractivity contribution >= 4 is 32.9 Å². The molecular formula is C14H11N3O2S. The molecule has 0 unspecified atom stereocenters. The fourth-order valence-corrected chi connectivity index (χ4v) is 3.13. The van der Waals surface area contributed by atoms with Crippen LogP contribution in [0.15, 0.2) is 36.4 Å². The molecule has 2 N–H and O–H groups in total. The number of benzene rings is 2. The predicted octanol–water partition coefficient (Wildman–Crippen LogP) is 3.76. The molecule has 0 spiro atoms. The van der Waals surface area contributed by atoms with Crippen LogP contribution in [0.4, 0.5) is 11.4 Å². The number of hydrogen-bond acceptors (Lipinski definition) is 5. The zero-order valence-electron chi connectivity index (χ0n) is 10.7. The molecule has 0 saturated heterocycles. The van der Waals surface area contributed by atoms with Gasteiger partial charge in [-0.25, -0.2) is 4.98 Å². The molecule has 20 heavy (non-hydrogen) atoms. The Morgan fingerprint density at radius 2 is 2.10 bits per heavy atom. The van der Waals surface area contributed by atoms with Gasteiger partial charge in [0, 0.05) is 23.4 Å². The van der Waals surface area contributed by atoms with Crippen molar-refractivity contribution in [3.63, 3.8) is 0 Å². The van der Waals surface area contributed by atoms with Crippen LogP contribution in [0.25, 0.3) is 20.8 Å². The molecule has 0 aliphatic heterocycles. The number of rotatable bonds is 2. The molecule has 6 heteroatoms. The van der Waals surface area contributed by atoms with E-state index in [1.807, 2.05) is 25.1 Å². The van der Waals surface area contributed by atoms with Crippen molar-refractivity contribution in [2.45, 2.75) is 6.92 Å². The number of fused-ring (bicyclic) bond motifs is 1. The molecule has 0 fully saturated rings. The number of non-ortho nitro benzene ring substituents is 1. The first-order chi connectivity index (χ1) is 9.56. The SMILES string of the molecule is Cc1cccc2sc(-c3cc([N+](=O)[O-])ccc3N)nc12. The van der Waals surface area contributed by atoms with Crippen LogP contribution in [0.2, 0.25) is 0 Å². The zero-order chi connectivity index (χ0) is 14.3. The first-order valence-electron chi connectivity index (χ1n) is 5.96. The van der Waals surface area contributed by atoms with Gasteiger partial charge in [0.05, 0.1) is 15.1 Å². The molecule has 3 rings (SSSR count). The van der Waals surface area contributed by atoms with Crippen molar-refractivity contribution in [2.75, 3.05) is 5.73 Å². The Morgan fingerprint density at radius 1 is 1.30 bits per heavy atom. The molecule has 5 nitrogen and oxygen atoms in total. The van der Waals surface area contributed by atoms with Crippen molar-refractivity contribution in [1.29, 1.82) is 0 Å². The molecule has 0 radical (unpaired) electrons. The number of nitrogens with zero attached hydrogens (tertiary/aromatic N) is 2. The van der Waals surface area contributed by atoms with Crippen molar-refractivity contribution in [3.05, 3.63) is 52.1 Å². The molecule has 3 aromatic rings. The second kappa shape index (κ2) is 4.57. The van der Waals surface area contributed by atoms with Crippen LogP contribution >= 0.6 is 11.3 Å². The number of nitro benzene ring substituents is 1. The van der Waals surface area contributed by atoms with E-state index in [2.05, 4.69) is 4.98 Å². The van der Waals surface area contributed by atoms with Crippen molar-refractivity contribution in [1.82, 2.24) is 4.98 Å². The van der Waals surface area contributed by atoms with Gasteiger partial charge in [0.25, 0.3) is 5.69 Å². The maximum atomic E-state index is 10.9. The van der Waals surface area contributed by atoms with Gasteiger partial charge in [-0.05, 0) is 24.6 Å². The average molecular weight is 285 g/mol. The lowest BCUT2D eigenvalue weighted by Crippen LogP contribution is -1.93. The molecule has 0 aliphatic carbocycles. The van der Waals surface area contributed by atoms with Crippen LogP contribution in [0.1, 0.15) is 5.56 Å². The molecule has 0 bridgehead atoms. The molecular weight excluding hydrogens is 274 g/mol. The van der Waals surface area contributed by atoms with Crippen LogP contribution < -0.4 is 5.73 Å². The standard InChI is InChI=1S/C14H11N3O2S/c1-8-3-2-4-12-13(8)16-14(20-12)10-7-9(17(18)19)5-6-11(10)15/h2-7H,15H2,1H3. The number of para-hydroxylation sites is 1. The number of thiazole rings is 1. The lowest BCUT2D eigenvalue weighted by molar-refractivity contribution is -0.384. The fraction of sp³-hybridized carbons (Fsp3) is 0.0714. The smallest absolute Gasteiger partial charge is 0.270 e. The largest absolute Gasteiger partial charge is 0.398 e. The van der Waals surface area contributed by atoms with E-state index in [0.717, 1.165) is 15.8 Å². The third-order valence-corrected chi connectivity index (χ3v) is 4.15. The normalized spacial score (nSPS) is 10.8. The van der Waals surface area contributed by atoms with Crippen LogP contribution in [0.5, 0.6) is 0 Å². The summed E-state index contributed by atoms with van der Waals surface area (Å²) in [5.74, 6) is 0. The molecule has 0 aliphatic rings. The number of aromatic nitrogens is 1. The van der Waals surface area contributed by atoms with E-state index < -0.39 is 4.92 Å². The van der Waals surface area contributed by atoms with Crippen molar-refractivity contribution in [3.8, 4) is 10.6 Å². The summed E-state index contributed by atoms with van der Waals surface area (Å²) in [6.07, 6.45) is 0. The van der Waals surface area contributed by atoms with E-state index in [1.165, 1.54) is 23.5 Å². The van der Waals surface area contributed by atoms with Crippen LogP contribution in [-0.2, 0) is 0 Å². The van der Waals surface area contributed by atoms with Gasteiger partial charge in [-0.15, -0.1) is 11.3 Å². The zero-order valence-corrected chi connectivity index (χ0v) is 11.5. The Kier molecular flexibility index (Phi) is 2.87. The summed E-state index contributed by atoms with van der Waals surface area (Å²) >= 11 is 1.49. The predicted molar refractivity (Wildman–Crippen MR) is 80.9 cm³/mol. The minimum absolute atomic E-state index is 0.0187. The lowest BCUT2D eigenvalue weighted by Gasteiger charge is -2.01. The van der Waals surface area contributed by atoms with E-state index in [1.54, 1.807) is 6.07 Å². The molecule has 0 atom stereocenters. The van der Waals surface area contributed by atoms with E-state index in [4.69, 9.17) is 5.73 Å². The Bertz CT molecular complexity index is 826. The molecule has 0 saturated carbocycles. The van der Waals surface area contributed by atoms with Crippen LogP contribution in [0.3, 0.4) is 0 Å². The average Bonchev–Trinajstić information content (AvgIpc) is 2.84. The van der Waals surface area contributed by atoms with Gasteiger partial charge < -0.3 is 5.73 Å². The number of aryl methyl sites for hydroxylation is 1. The van der Waals surface area contributed by atoms with Crippen molar-refractivity contribution < 1.29 is 4.92 Å². The lowest BCUT2D eigenvalue weighted by atomic mass is 10.1. The molecule has 100 valence electrons. The van der Waals surface area contributed by atoms with Gasteiger partial charge in [-0.1, -0.05) is 12.1 Å². The fourth-order valence-electron chi connectivity index (χ4n) is 2.04. The Morgan fingerprint density at radius 3 is 2.80 bits per heavy atom. The van der Waals surface area contributed by atoms with Gasteiger partial charge in [0.2, 0.25) is 0 Å². The maximum Gasteiger partial charge on any atom is 0.270 e. The van der Waals surface area contributed by atoms with Gasteiger partial charge >= 0.3 is 0 Å². The topological polar surface area (TPSA) is 82.0 Å². The van der Waals surface area contributed by atoms with E-state index in [9.17, 15) is 10.1 Å². The number of hydrogen-bond donors (Lipinski definition) is 1.